The first kappa shape index (κ1) is 31.3. The summed E-state index contributed by atoms with van der Waals surface area (Å²) >= 11 is 0. The van der Waals surface area contributed by atoms with Gasteiger partial charge in [-0.25, -0.2) is 9.98 Å². The first-order valence-electron chi connectivity index (χ1n) is 18.8. The van der Waals surface area contributed by atoms with Crippen molar-refractivity contribution in [3.05, 3.63) is 205 Å². The second-order valence-electron chi connectivity index (χ2n) is 14.3. The van der Waals surface area contributed by atoms with E-state index in [9.17, 15) is 0 Å². The van der Waals surface area contributed by atoms with Gasteiger partial charge in [-0.3, -0.25) is 0 Å². The maximum atomic E-state index is 5.17. The summed E-state index contributed by atoms with van der Waals surface area (Å²) in [6.07, 6.45) is -0.197. The number of benzene rings is 8. The van der Waals surface area contributed by atoms with Crippen LogP contribution in [0, 0.1) is 0 Å². The van der Waals surface area contributed by atoms with Crippen molar-refractivity contribution < 1.29 is 0 Å². The summed E-state index contributed by atoms with van der Waals surface area (Å²) in [5, 5.41) is 7.51. The Balaban J connectivity index is 1.11. The van der Waals surface area contributed by atoms with Crippen molar-refractivity contribution >= 4 is 66.1 Å². The lowest BCUT2D eigenvalue weighted by Gasteiger charge is -2.32. The van der Waals surface area contributed by atoms with Crippen LogP contribution in [0.1, 0.15) is 22.9 Å². The SMILES string of the molecule is CN1C(c2ccc(-n3c4ccccc4c4cc5c6c7ccccc7ccc6n(-c6ccccc6)c5cc43)cc2)=NC(c2ccccc2)=NC1c1ccccc1. The molecule has 1 unspecified atom stereocenters. The van der Waals surface area contributed by atoms with Crippen LogP contribution in [-0.2, 0) is 0 Å². The molecule has 260 valence electrons. The zero-order valence-electron chi connectivity index (χ0n) is 30.2. The Morgan fingerprint density at radius 3 is 1.84 bits per heavy atom. The van der Waals surface area contributed by atoms with E-state index < -0.39 is 0 Å². The molecule has 5 nitrogen and oxygen atoms in total. The molecule has 1 aliphatic rings. The molecular weight excluding hydrogens is 671 g/mol. The highest BCUT2D eigenvalue weighted by Crippen LogP contribution is 2.42. The van der Waals surface area contributed by atoms with E-state index in [1.54, 1.807) is 0 Å². The van der Waals surface area contributed by atoms with Crippen molar-refractivity contribution in [2.75, 3.05) is 7.05 Å². The minimum atomic E-state index is -0.197. The Labute approximate surface area is 318 Å². The summed E-state index contributed by atoms with van der Waals surface area (Å²) in [6, 6.07) is 67.2. The van der Waals surface area contributed by atoms with Gasteiger partial charge in [0, 0.05) is 51.1 Å². The van der Waals surface area contributed by atoms with E-state index in [1.807, 2.05) is 24.3 Å². The van der Waals surface area contributed by atoms with Gasteiger partial charge in [0.1, 0.15) is 12.0 Å². The van der Waals surface area contributed by atoms with Crippen molar-refractivity contribution in [3.63, 3.8) is 0 Å². The summed E-state index contributed by atoms with van der Waals surface area (Å²) < 4.78 is 4.84. The number of hydrogen-bond donors (Lipinski definition) is 0. The minimum absolute atomic E-state index is 0.197. The molecule has 1 aliphatic heterocycles. The maximum Gasteiger partial charge on any atom is 0.159 e. The molecule has 55 heavy (non-hydrogen) atoms. The van der Waals surface area contributed by atoms with Crippen molar-refractivity contribution in [1.29, 1.82) is 0 Å². The number of aliphatic imine (C=N–C) groups is 2. The molecule has 0 spiro atoms. The van der Waals surface area contributed by atoms with Crippen LogP contribution in [0.15, 0.2) is 198 Å². The monoisotopic (exact) mass is 705 g/mol. The van der Waals surface area contributed by atoms with Crippen LogP contribution in [0.25, 0.3) is 65.8 Å². The molecule has 0 saturated carbocycles. The third-order valence-corrected chi connectivity index (χ3v) is 11.1. The molecule has 0 fully saturated rings. The van der Waals surface area contributed by atoms with Crippen LogP contribution in [0.5, 0.6) is 0 Å². The smallest absolute Gasteiger partial charge is 0.159 e. The standard InChI is InChI=1S/C50H35N5/c1-53-49(35-18-7-3-8-19-35)51-48(34-16-5-2-6-17-34)52-50(53)36-25-28-38(29-26-36)54-43-24-14-13-23-40(43)41-31-42-46(32-45(41)54)55(37-20-9-4-10-21-37)44-30-27-33-15-11-12-22-39(33)47(42)44/h2-32,49H,1H3. The van der Waals surface area contributed by atoms with Gasteiger partial charge in [0.2, 0.25) is 0 Å². The lowest BCUT2D eigenvalue weighted by Crippen LogP contribution is -2.35. The van der Waals surface area contributed by atoms with Gasteiger partial charge in [0.25, 0.3) is 0 Å². The van der Waals surface area contributed by atoms with E-state index in [4.69, 9.17) is 9.98 Å². The number of hydrogen-bond acceptors (Lipinski definition) is 3. The van der Waals surface area contributed by atoms with E-state index in [0.717, 1.165) is 39.7 Å². The second-order valence-corrected chi connectivity index (χ2v) is 14.3. The Bertz CT molecular complexity index is 3140. The zero-order valence-corrected chi connectivity index (χ0v) is 30.2. The zero-order chi connectivity index (χ0) is 36.5. The molecule has 0 amide bonds. The molecule has 11 rings (SSSR count). The first-order valence-corrected chi connectivity index (χ1v) is 18.8. The molecule has 0 aliphatic carbocycles. The van der Waals surface area contributed by atoms with E-state index >= 15 is 0 Å². The Morgan fingerprint density at radius 2 is 1.05 bits per heavy atom. The van der Waals surface area contributed by atoms with Gasteiger partial charge < -0.3 is 14.0 Å². The fourth-order valence-corrected chi connectivity index (χ4v) is 8.59. The Hall–Kier alpha value is -7.24. The molecular formula is C50H35N5. The highest BCUT2D eigenvalue weighted by atomic mass is 15.3. The predicted octanol–water partition coefficient (Wildman–Crippen LogP) is 11.9. The van der Waals surface area contributed by atoms with Crippen molar-refractivity contribution in [2.45, 2.75) is 6.17 Å². The van der Waals surface area contributed by atoms with Crippen LogP contribution in [0.4, 0.5) is 0 Å². The van der Waals surface area contributed by atoms with Crippen LogP contribution in [-0.4, -0.2) is 32.8 Å². The van der Waals surface area contributed by atoms with Crippen LogP contribution in [0.3, 0.4) is 0 Å². The predicted molar refractivity (Wildman–Crippen MR) is 229 cm³/mol. The molecule has 8 aromatic carbocycles. The molecule has 0 saturated heterocycles. The highest BCUT2D eigenvalue weighted by Gasteiger charge is 2.27. The normalized spacial score (nSPS) is 14.6. The lowest BCUT2D eigenvalue weighted by molar-refractivity contribution is 0.383. The van der Waals surface area contributed by atoms with Crippen LogP contribution >= 0.6 is 0 Å². The summed E-state index contributed by atoms with van der Waals surface area (Å²) in [7, 11) is 2.09. The number of para-hydroxylation sites is 2. The second kappa shape index (κ2) is 12.4. The third kappa shape index (κ3) is 4.94. The summed E-state index contributed by atoms with van der Waals surface area (Å²) in [5.74, 6) is 1.62. The Morgan fingerprint density at radius 1 is 0.436 bits per heavy atom. The average Bonchev–Trinajstić information content (AvgIpc) is 3.76. The largest absolute Gasteiger partial charge is 0.333 e. The molecule has 2 aromatic heterocycles. The summed E-state index contributed by atoms with van der Waals surface area (Å²) in [5.41, 5.74) is 10.1. The summed E-state index contributed by atoms with van der Waals surface area (Å²) in [4.78, 5) is 12.5. The Kier molecular flexibility index (Phi) is 7.07. The fourth-order valence-electron chi connectivity index (χ4n) is 8.59. The molecule has 10 aromatic rings. The van der Waals surface area contributed by atoms with Gasteiger partial charge in [0.15, 0.2) is 5.84 Å². The fraction of sp³-hybridized carbons (Fsp3) is 0.0400. The highest BCUT2D eigenvalue weighted by molar-refractivity contribution is 6.25. The molecule has 3 heterocycles. The molecule has 0 radical (unpaired) electrons. The summed E-state index contributed by atoms with van der Waals surface area (Å²) in [6.45, 7) is 0. The van der Waals surface area contributed by atoms with Gasteiger partial charge in [-0.15, -0.1) is 0 Å². The number of amidine groups is 2. The molecule has 0 bridgehead atoms. The first-order chi connectivity index (χ1) is 27.2. The van der Waals surface area contributed by atoms with Crippen molar-refractivity contribution in [3.8, 4) is 11.4 Å². The van der Waals surface area contributed by atoms with Crippen molar-refractivity contribution in [2.24, 2.45) is 9.98 Å². The number of rotatable bonds is 5. The maximum absolute atomic E-state index is 5.17. The molecule has 5 heteroatoms. The van der Waals surface area contributed by atoms with E-state index in [-0.39, 0.29) is 6.17 Å². The van der Waals surface area contributed by atoms with Gasteiger partial charge in [-0.2, -0.15) is 0 Å². The topological polar surface area (TPSA) is 37.8 Å². The molecule has 1 atom stereocenters. The minimum Gasteiger partial charge on any atom is -0.333 e. The van der Waals surface area contributed by atoms with Gasteiger partial charge in [-0.1, -0.05) is 127 Å². The van der Waals surface area contributed by atoms with E-state index in [1.165, 1.54) is 54.4 Å². The average molecular weight is 706 g/mol. The number of aromatic nitrogens is 2. The van der Waals surface area contributed by atoms with Gasteiger partial charge >= 0.3 is 0 Å². The van der Waals surface area contributed by atoms with E-state index in [0.29, 0.717) is 0 Å². The van der Waals surface area contributed by atoms with Crippen LogP contribution in [0.2, 0.25) is 0 Å². The van der Waals surface area contributed by atoms with Crippen molar-refractivity contribution in [1.82, 2.24) is 14.0 Å². The number of nitrogens with zero attached hydrogens (tertiary/aromatic N) is 5. The third-order valence-electron chi connectivity index (χ3n) is 11.1. The van der Waals surface area contributed by atoms with Gasteiger partial charge in [-0.05, 0) is 77.0 Å². The molecule has 0 N–H and O–H groups in total. The lowest BCUT2D eigenvalue weighted by atomic mass is 10.0. The van der Waals surface area contributed by atoms with Crippen LogP contribution < -0.4 is 0 Å². The van der Waals surface area contributed by atoms with E-state index in [2.05, 4.69) is 185 Å². The van der Waals surface area contributed by atoms with Gasteiger partial charge in [0.05, 0.1) is 22.1 Å². The number of fused-ring (bicyclic) bond motifs is 8. The quantitative estimate of drug-likeness (QED) is 0.176.